The molecule has 1 saturated carbocycles. The van der Waals surface area contributed by atoms with Crippen LogP contribution in [0.3, 0.4) is 0 Å². The van der Waals surface area contributed by atoms with Gasteiger partial charge < -0.3 is 29.0 Å². The molecule has 3 aromatic heterocycles. The quantitative estimate of drug-likeness (QED) is 0.0767. The highest BCUT2D eigenvalue weighted by Crippen LogP contribution is 2.37. The number of benzene rings is 6. The van der Waals surface area contributed by atoms with Crippen molar-refractivity contribution in [3.8, 4) is 0 Å². The number of aromatic nitrogens is 3. The van der Waals surface area contributed by atoms with E-state index in [1.165, 1.54) is 12.1 Å². The van der Waals surface area contributed by atoms with Crippen molar-refractivity contribution in [3.63, 3.8) is 0 Å². The maximum Gasteiger partial charge on any atom is 0.323 e. The molecule has 0 atom stereocenters. The molecular formula is C68H66FN3O14S3. The van der Waals surface area contributed by atoms with Crippen molar-refractivity contribution in [2.75, 3.05) is 17.3 Å². The van der Waals surface area contributed by atoms with Gasteiger partial charge in [0, 0.05) is 68.6 Å². The van der Waals surface area contributed by atoms with E-state index in [0.29, 0.717) is 77.0 Å². The van der Waals surface area contributed by atoms with Crippen LogP contribution in [0, 0.1) is 32.5 Å². The fourth-order valence-electron chi connectivity index (χ4n) is 13.1. The lowest BCUT2D eigenvalue weighted by atomic mass is 9.98. The number of hydrogen-bond acceptors (Lipinski definition) is 11. The number of nitrogens with zero attached hydrogens (tertiary/aromatic N) is 3. The van der Waals surface area contributed by atoms with Crippen LogP contribution in [0.5, 0.6) is 0 Å². The molecule has 0 radical (unpaired) electrons. The summed E-state index contributed by atoms with van der Waals surface area (Å²) in [6, 6.07) is 32.2. The number of hydrogen-bond donors (Lipinski definition) is 3. The fraction of sp³-hybridized carbons (Fsp3) is 0.309. The SMILES string of the molecule is CC(=O)Cc1ccc2c(c1)c(Cc1ccc3c(c1)CCS3(=O)=O)c(C)n2CC(=O)O.Cc1c(Cc2ccc3c(c2)CCS3(=O)=O)c2cc(CC(=O)C3CC3)ccc2n1CC(=O)O.Cc1c(Cc2ccc3c(c2)CCS3(=O)=O)c2cc(F)ccc2n1CC(=O)O. The maximum absolute atomic E-state index is 13.8. The molecule has 6 heterocycles. The van der Waals surface area contributed by atoms with Crippen molar-refractivity contribution in [3.05, 3.63) is 193 Å². The molecule has 17 nitrogen and oxygen atoms in total. The Bertz CT molecular complexity index is 4840. The average Bonchev–Trinajstić information content (AvgIpc) is 1.67. The minimum absolute atomic E-state index is 0.0671. The average molecular weight is 1260 g/mol. The number of halogens is 1. The molecule has 13 rings (SSSR count). The molecule has 3 aliphatic heterocycles. The summed E-state index contributed by atoms with van der Waals surface area (Å²) in [5, 5.41) is 30.6. The first-order chi connectivity index (χ1) is 42.1. The Morgan fingerprint density at radius 1 is 0.449 bits per heavy atom. The molecule has 1 aliphatic carbocycles. The summed E-state index contributed by atoms with van der Waals surface area (Å²) < 4.78 is 91.6. The molecule has 0 saturated heterocycles. The minimum Gasteiger partial charge on any atom is -0.480 e. The van der Waals surface area contributed by atoms with Crippen LogP contribution in [0.25, 0.3) is 32.7 Å². The lowest BCUT2D eigenvalue weighted by Crippen LogP contribution is -2.10. The summed E-state index contributed by atoms with van der Waals surface area (Å²) in [6.45, 7) is 6.72. The molecule has 462 valence electrons. The van der Waals surface area contributed by atoms with Gasteiger partial charge in [0.15, 0.2) is 29.5 Å². The van der Waals surface area contributed by atoms with E-state index >= 15 is 0 Å². The van der Waals surface area contributed by atoms with Crippen LogP contribution in [0.4, 0.5) is 4.39 Å². The van der Waals surface area contributed by atoms with E-state index in [1.54, 1.807) is 51.0 Å². The fourth-order valence-corrected chi connectivity index (χ4v) is 17.7. The molecule has 6 aromatic carbocycles. The van der Waals surface area contributed by atoms with Gasteiger partial charge in [-0.15, -0.1) is 0 Å². The van der Waals surface area contributed by atoms with Crippen LogP contribution >= 0.6 is 0 Å². The number of carbonyl (C=O) groups is 5. The van der Waals surface area contributed by atoms with Crippen molar-refractivity contribution in [2.24, 2.45) is 5.92 Å². The molecule has 0 bridgehead atoms. The van der Waals surface area contributed by atoms with E-state index in [-0.39, 0.29) is 60.2 Å². The van der Waals surface area contributed by atoms with Crippen LogP contribution in [0.15, 0.2) is 124 Å². The van der Waals surface area contributed by atoms with Gasteiger partial charge in [-0.05, 0) is 201 Å². The van der Waals surface area contributed by atoms with Crippen LogP contribution in [0.2, 0.25) is 0 Å². The lowest BCUT2D eigenvalue weighted by molar-refractivity contribution is -0.138. The van der Waals surface area contributed by atoms with E-state index in [9.17, 15) is 68.9 Å². The van der Waals surface area contributed by atoms with Gasteiger partial charge in [0.2, 0.25) is 0 Å². The first-order valence-corrected chi connectivity index (χ1v) is 34.3. The zero-order valence-electron chi connectivity index (χ0n) is 49.6. The van der Waals surface area contributed by atoms with Crippen molar-refractivity contribution >= 4 is 91.7 Å². The third-order valence-corrected chi connectivity index (χ3v) is 23.1. The molecule has 9 aromatic rings. The van der Waals surface area contributed by atoms with Crippen LogP contribution in [0.1, 0.15) is 98.0 Å². The number of carboxylic acid groups (broad SMARTS) is 3. The second-order valence-corrected chi connectivity index (χ2v) is 30.1. The van der Waals surface area contributed by atoms with Crippen LogP contribution in [-0.4, -0.2) is 101 Å². The molecule has 0 amide bonds. The highest BCUT2D eigenvalue weighted by molar-refractivity contribution is 7.92. The van der Waals surface area contributed by atoms with Crippen molar-refractivity contribution in [1.29, 1.82) is 0 Å². The summed E-state index contributed by atoms with van der Waals surface area (Å²) in [5.74, 6) is -2.20. The van der Waals surface area contributed by atoms with Gasteiger partial charge in [0.05, 0.1) is 31.9 Å². The maximum atomic E-state index is 13.8. The third-order valence-electron chi connectivity index (χ3n) is 17.6. The number of aliphatic carboxylic acids is 3. The van der Waals surface area contributed by atoms with Gasteiger partial charge in [0.1, 0.15) is 37.0 Å². The third kappa shape index (κ3) is 12.9. The number of rotatable bonds is 17. The number of Topliss-reactive ketones (excluding diaryl/α,β-unsaturated/α-hetero) is 2. The molecule has 89 heavy (non-hydrogen) atoms. The van der Waals surface area contributed by atoms with E-state index in [1.807, 2.05) is 87.5 Å². The Morgan fingerprint density at radius 3 is 1.11 bits per heavy atom. The Labute approximate surface area is 514 Å². The normalized spacial score (nSPS) is 15.7. The Morgan fingerprint density at radius 2 is 0.775 bits per heavy atom. The summed E-state index contributed by atoms with van der Waals surface area (Å²) in [4.78, 5) is 59.3. The Hall–Kier alpha value is -8.53. The van der Waals surface area contributed by atoms with E-state index in [4.69, 9.17) is 0 Å². The summed E-state index contributed by atoms with van der Waals surface area (Å²) in [6.07, 6.45) is 5.85. The van der Waals surface area contributed by atoms with Crippen LogP contribution < -0.4 is 0 Å². The smallest absolute Gasteiger partial charge is 0.323 e. The standard InChI is InChI=1S/C25H25NO5S.C23H23NO5S.C20H18FNO4S/c1-15-20(11-16-3-7-24-19(10-16)8-9-32(24,30)31)21-12-17(13-23(27)18-4-5-18)2-6-22(21)26(15)14-25(28)29;1-14(25)9-16-3-5-21-20(12-16)19(15(2)24(21)13-23(26)27)11-17-4-6-22-18(10-17)7-8-30(22,28)29;1-12-16(9-13-2-5-19-14(8-13)6-7-27(19,25)26)17-10-15(21)3-4-18(17)22(12)11-20(23)24/h2-3,6-7,10,12,18H,4-5,8-9,11,13-14H2,1H3,(H,28,29);3-6,10,12H,7-9,11,13H2,1-2H3,(H,26,27);2-5,8,10H,6-7,9,11H2,1H3,(H,23,24). The Kier molecular flexibility index (Phi) is 16.8. The predicted molar refractivity (Wildman–Crippen MR) is 334 cm³/mol. The Balaban J connectivity index is 0.000000138. The number of carbonyl (C=O) groups excluding carboxylic acids is 2. The number of carboxylic acids is 3. The monoisotopic (exact) mass is 1260 g/mol. The second kappa shape index (κ2) is 24.1. The lowest BCUT2D eigenvalue weighted by Gasteiger charge is -2.07. The van der Waals surface area contributed by atoms with Gasteiger partial charge in [-0.3, -0.25) is 24.0 Å². The first kappa shape index (κ1) is 62.1. The molecule has 3 N–H and O–H groups in total. The molecular weight excluding hydrogens is 1200 g/mol. The van der Waals surface area contributed by atoms with E-state index < -0.39 is 47.4 Å². The van der Waals surface area contributed by atoms with Crippen molar-refractivity contribution in [2.45, 2.75) is 126 Å². The number of fused-ring (bicyclic) bond motifs is 6. The largest absolute Gasteiger partial charge is 0.480 e. The predicted octanol–water partition coefficient (Wildman–Crippen LogP) is 9.66. The van der Waals surface area contributed by atoms with Gasteiger partial charge in [-0.2, -0.15) is 0 Å². The minimum atomic E-state index is -3.17. The second-order valence-electron chi connectivity index (χ2n) is 23.9. The molecule has 1 fully saturated rings. The van der Waals surface area contributed by atoms with Crippen LogP contribution in [-0.2, 0) is 124 Å². The topological polar surface area (TPSA) is 263 Å². The number of sulfone groups is 3. The first-order valence-electron chi connectivity index (χ1n) is 29.3. The molecule has 21 heteroatoms. The highest BCUT2D eigenvalue weighted by Gasteiger charge is 2.32. The van der Waals surface area contributed by atoms with E-state index in [0.717, 1.165) is 113 Å². The van der Waals surface area contributed by atoms with Gasteiger partial charge in [-0.1, -0.05) is 48.5 Å². The molecule has 4 aliphatic rings. The summed E-state index contributed by atoms with van der Waals surface area (Å²) >= 11 is 0. The zero-order valence-corrected chi connectivity index (χ0v) is 52.0. The van der Waals surface area contributed by atoms with Gasteiger partial charge in [-0.25, -0.2) is 29.6 Å². The van der Waals surface area contributed by atoms with Crippen molar-refractivity contribution < 1.29 is 68.9 Å². The molecule has 0 spiro atoms. The van der Waals surface area contributed by atoms with Gasteiger partial charge >= 0.3 is 17.9 Å². The van der Waals surface area contributed by atoms with Crippen molar-refractivity contribution in [1.82, 2.24) is 13.7 Å². The summed E-state index contributed by atoms with van der Waals surface area (Å²) in [5.41, 5.74) is 15.0. The van der Waals surface area contributed by atoms with Gasteiger partial charge in [0.25, 0.3) is 0 Å². The summed E-state index contributed by atoms with van der Waals surface area (Å²) in [7, 11) is -9.51. The van der Waals surface area contributed by atoms with E-state index in [2.05, 4.69) is 0 Å². The number of ketones is 2. The highest BCUT2D eigenvalue weighted by atomic mass is 32.2. The zero-order chi connectivity index (χ0) is 63.6. The molecule has 0 unspecified atom stereocenters. The number of aryl methyl sites for hydroxylation is 3.